The first-order valence-corrected chi connectivity index (χ1v) is 4.79. The second kappa shape index (κ2) is 4.20. The number of rotatable bonds is 3. The largest absolute Gasteiger partial charge is 0.492 e. The van der Waals surface area contributed by atoms with Crippen LogP contribution in [-0.2, 0) is 4.79 Å². The van der Waals surface area contributed by atoms with Gasteiger partial charge in [-0.1, -0.05) is 0 Å². The Morgan fingerprint density at radius 1 is 1.50 bits per heavy atom. The van der Waals surface area contributed by atoms with Crippen molar-refractivity contribution in [1.82, 2.24) is 19.9 Å². The van der Waals surface area contributed by atoms with Crippen molar-refractivity contribution in [1.29, 1.82) is 0 Å². The predicted octanol–water partition coefficient (Wildman–Crippen LogP) is -1.46. The summed E-state index contributed by atoms with van der Waals surface area (Å²) in [5.41, 5.74) is -1.21. The SMILES string of the molecule is O=C(O)CNC(=O)c1c(O)n2nccc2[nH]c1=O. The highest BCUT2D eigenvalue weighted by molar-refractivity contribution is 5.97. The first-order chi connectivity index (χ1) is 8.50. The van der Waals surface area contributed by atoms with Gasteiger partial charge in [-0.2, -0.15) is 9.61 Å². The molecular weight excluding hydrogens is 244 g/mol. The number of fused-ring (bicyclic) bond motifs is 1. The molecule has 0 aliphatic carbocycles. The van der Waals surface area contributed by atoms with E-state index in [9.17, 15) is 19.5 Å². The number of aromatic nitrogens is 3. The Bertz CT molecular complexity index is 686. The number of nitrogens with one attached hydrogen (secondary N) is 2. The first-order valence-electron chi connectivity index (χ1n) is 4.79. The lowest BCUT2D eigenvalue weighted by Crippen LogP contribution is -2.34. The quantitative estimate of drug-likeness (QED) is 0.527. The van der Waals surface area contributed by atoms with Crippen LogP contribution in [0.25, 0.3) is 5.65 Å². The standard InChI is InChI=1S/C9H8N4O5/c14-5(15)3-10-7(16)6-8(17)12-4-1-2-11-13(4)9(6)18/h1-2,18H,3H2,(H,10,16)(H,12,17)(H,14,15). The third kappa shape index (κ3) is 1.88. The highest BCUT2D eigenvalue weighted by Gasteiger charge is 2.20. The van der Waals surface area contributed by atoms with Crippen molar-refractivity contribution in [3.05, 3.63) is 28.2 Å². The molecule has 0 bridgehead atoms. The van der Waals surface area contributed by atoms with Crippen LogP contribution in [0.15, 0.2) is 17.1 Å². The summed E-state index contributed by atoms with van der Waals surface area (Å²) in [4.78, 5) is 35.8. The van der Waals surface area contributed by atoms with E-state index in [0.29, 0.717) is 0 Å². The Kier molecular flexibility index (Phi) is 2.72. The molecule has 9 heteroatoms. The van der Waals surface area contributed by atoms with Gasteiger partial charge in [-0.3, -0.25) is 14.4 Å². The van der Waals surface area contributed by atoms with E-state index < -0.39 is 35.4 Å². The van der Waals surface area contributed by atoms with E-state index in [1.54, 1.807) is 0 Å². The molecule has 0 unspecified atom stereocenters. The van der Waals surface area contributed by atoms with Gasteiger partial charge in [-0.05, 0) is 0 Å². The molecule has 1 amide bonds. The van der Waals surface area contributed by atoms with Crippen LogP contribution in [0.2, 0.25) is 0 Å². The molecule has 0 spiro atoms. The molecule has 2 rings (SSSR count). The highest BCUT2D eigenvalue weighted by Crippen LogP contribution is 2.12. The van der Waals surface area contributed by atoms with Crippen LogP contribution < -0.4 is 10.9 Å². The van der Waals surface area contributed by atoms with Gasteiger partial charge in [0.1, 0.15) is 12.2 Å². The number of hydrogen-bond donors (Lipinski definition) is 4. The van der Waals surface area contributed by atoms with E-state index in [4.69, 9.17) is 5.11 Å². The number of aliphatic carboxylic acids is 1. The molecule has 18 heavy (non-hydrogen) atoms. The van der Waals surface area contributed by atoms with Crippen molar-refractivity contribution in [2.45, 2.75) is 0 Å². The number of carbonyl (C=O) groups excluding carboxylic acids is 1. The molecule has 0 aliphatic rings. The Labute approximate surface area is 98.7 Å². The molecule has 2 aromatic rings. The number of H-pyrrole nitrogens is 1. The summed E-state index contributed by atoms with van der Waals surface area (Å²) >= 11 is 0. The van der Waals surface area contributed by atoms with E-state index in [2.05, 4.69) is 10.1 Å². The van der Waals surface area contributed by atoms with E-state index in [1.165, 1.54) is 12.3 Å². The number of carboxylic acids is 1. The van der Waals surface area contributed by atoms with Gasteiger partial charge >= 0.3 is 5.97 Å². The molecule has 4 N–H and O–H groups in total. The molecule has 0 radical (unpaired) electrons. The lowest BCUT2D eigenvalue weighted by molar-refractivity contribution is -0.135. The fourth-order valence-corrected chi connectivity index (χ4v) is 1.40. The maximum atomic E-state index is 11.6. The third-order valence-electron chi connectivity index (χ3n) is 2.16. The molecule has 0 atom stereocenters. The van der Waals surface area contributed by atoms with Crippen molar-refractivity contribution in [2.75, 3.05) is 6.54 Å². The molecule has 0 aromatic carbocycles. The van der Waals surface area contributed by atoms with Crippen LogP contribution in [0.4, 0.5) is 0 Å². The van der Waals surface area contributed by atoms with Crippen LogP contribution >= 0.6 is 0 Å². The van der Waals surface area contributed by atoms with Gasteiger partial charge in [-0.15, -0.1) is 0 Å². The Hall–Kier alpha value is -2.84. The van der Waals surface area contributed by atoms with E-state index >= 15 is 0 Å². The zero-order valence-corrected chi connectivity index (χ0v) is 8.88. The topological polar surface area (TPSA) is 137 Å². The van der Waals surface area contributed by atoms with Crippen molar-refractivity contribution in [2.24, 2.45) is 0 Å². The molecular formula is C9H8N4O5. The van der Waals surface area contributed by atoms with Gasteiger partial charge in [0.25, 0.3) is 11.5 Å². The molecule has 2 aromatic heterocycles. The molecule has 0 aliphatic heterocycles. The summed E-state index contributed by atoms with van der Waals surface area (Å²) in [7, 11) is 0. The monoisotopic (exact) mass is 252 g/mol. The Balaban J connectivity index is 2.46. The highest BCUT2D eigenvalue weighted by atomic mass is 16.4. The van der Waals surface area contributed by atoms with Crippen LogP contribution in [0.1, 0.15) is 10.4 Å². The summed E-state index contributed by atoms with van der Waals surface area (Å²) < 4.78 is 0.955. The number of carboxylic acid groups (broad SMARTS) is 1. The number of aromatic amines is 1. The molecule has 0 saturated heterocycles. The number of nitrogens with zero attached hydrogens (tertiary/aromatic N) is 2. The van der Waals surface area contributed by atoms with Crippen molar-refractivity contribution in [3.8, 4) is 5.88 Å². The van der Waals surface area contributed by atoms with Gasteiger partial charge < -0.3 is 20.5 Å². The van der Waals surface area contributed by atoms with Gasteiger partial charge in [0.15, 0.2) is 5.56 Å². The van der Waals surface area contributed by atoms with Gasteiger partial charge in [-0.25, -0.2) is 0 Å². The van der Waals surface area contributed by atoms with Crippen LogP contribution in [0.3, 0.4) is 0 Å². The van der Waals surface area contributed by atoms with Crippen LogP contribution in [-0.4, -0.2) is 43.2 Å². The third-order valence-corrected chi connectivity index (χ3v) is 2.16. The Morgan fingerprint density at radius 3 is 2.89 bits per heavy atom. The number of aromatic hydroxyl groups is 1. The fraction of sp³-hybridized carbons (Fsp3) is 0.111. The summed E-state index contributed by atoms with van der Waals surface area (Å²) in [6.45, 7) is -0.658. The maximum absolute atomic E-state index is 11.6. The van der Waals surface area contributed by atoms with Gasteiger partial charge in [0, 0.05) is 6.07 Å². The lowest BCUT2D eigenvalue weighted by atomic mass is 10.3. The van der Waals surface area contributed by atoms with Crippen LogP contribution in [0.5, 0.6) is 5.88 Å². The van der Waals surface area contributed by atoms with Crippen molar-refractivity contribution < 1.29 is 19.8 Å². The van der Waals surface area contributed by atoms with E-state index in [0.717, 1.165) is 4.52 Å². The molecule has 0 fully saturated rings. The van der Waals surface area contributed by atoms with E-state index in [1.807, 2.05) is 5.32 Å². The Morgan fingerprint density at radius 2 is 2.22 bits per heavy atom. The number of amides is 1. The fourth-order valence-electron chi connectivity index (χ4n) is 1.40. The summed E-state index contributed by atoms with van der Waals surface area (Å²) in [6, 6.07) is 1.43. The van der Waals surface area contributed by atoms with Crippen molar-refractivity contribution >= 4 is 17.5 Å². The first kappa shape index (κ1) is 11.6. The minimum atomic E-state index is -1.26. The van der Waals surface area contributed by atoms with Crippen LogP contribution in [0, 0.1) is 0 Å². The average molecular weight is 252 g/mol. The normalized spacial score (nSPS) is 10.4. The second-order valence-electron chi connectivity index (χ2n) is 3.36. The molecule has 9 nitrogen and oxygen atoms in total. The summed E-state index contributed by atoms with van der Waals surface area (Å²) in [5.74, 6) is -2.91. The zero-order valence-electron chi connectivity index (χ0n) is 8.88. The van der Waals surface area contributed by atoms with E-state index in [-0.39, 0.29) is 5.65 Å². The zero-order chi connectivity index (χ0) is 13.3. The predicted molar refractivity (Wildman–Crippen MR) is 57.4 cm³/mol. The maximum Gasteiger partial charge on any atom is 0.322 e. The molecule has 94 valence electrons. The summed E-state index contributed by atoms with van der Waals surface area (Å²) in [5, 5.41) is 23.8. The van der Waals surface area contributed by atoms with Gasteiger partial charge in [0.2, 0.25) is 5.88 Å². The second-order valence-corrected chi connectivity index (χ2v) is 3.36. The number of carbonyl (C=O) groups is 2. The number of hydrogen-bond acceptors (Lipinski definition) is 5. The van der Waals surface area contributed by atoms with Gasteiger partial charge in [0.05, 0.1) is 6.20 Å². The lowest BCUT2D eigenvalue weighted by Gasteiger charge is -2.05. The molecule has 2 heterocycles. The minimum absolute atomic E-state index is 0.215. The average Bonchev–Trinajstić information content (AvgIpc) is 2.74. The minimum Gasteiger partial charge on any atom is -0.492 e. The van der Waals surface area contributed by atoms with Crippen molar-refractivity contribution in [3.63, 3.8) is 0 Å². The summed E-state index contributed by atoms with van der Waals surface area (Å²) in [6.07, 6.45) is 1.32. The molecule has 0 saturated carbocycles. The smallest absolute Gasteiger partial charge is 0.322 e.